The molecule has 0 heterocycles. The molecule has 0 aliphatic carbocycles. The van der Waals surface area contributed by atoms with Crippen molar-refractivity contribution in [2.45, 2.75) is 187 Å². The van der Waals surface area contributed by atoms with E-state index in [9.17, 15) is 14.4 Å². The van der Waals surface area contributed by atoms with Gasteiger partial charge in [-0.3, -0.25) is 14.4 Å². The fraction of sp³-hybridized carbons (Fsp3) is 0.912. The third-order valence-corrected chi connectivity index (χ3v) is 7.80. The third-order valence-electron chi connectivity index (χ3n) is 7.80. The molecule has 0 aromatic heterocycles. The van der Waals surface area contributed by atoms with Gasteiger partial charge in [0, 0.05) is 32.4 Å². The molecule has 3 N–H and O–H groups in total. The topological polar surface area (TPSA) is 95.5 Å². The molecule has 0 aliphatic heterocycles. The highest BCUT2D eigenvalue weighted by molar-refractivity contribution is 5.76. The average molecular weight is 567 g/mol. The minimum atomic E-state index is -0.692. The van der Waals surface area contributed by atoms with Gasteiger partial charge in [0.25, 0.3) is 0 Å². The van der Waals surface area contributed by atoms with Gasteiger partial charge < -0.3 is 15.7 Å². The van der Waals surface area contributed by atoms with Gasteiger partial charge in [-0.2, -0.15) is 0 Å². The van der Waals surface area contributed by atoms with Crippen molar-refractivity contribution in [3.63, 3.8) is 0 Å². The van der Waals surface area contributed by atoms with Crippen LogP contribution in [0.1, 0.15) is 187 Å². The van der Waals surface area contributed by atoms with E-state index in [1.54, 1.807) is 0 Å². The number of hydrogen-bond acceptors (Lipinski definition) is 3. The molecule has 0 saturated carbocycles. The van der Waals surface area contributed by atoms with Crippen LogP contribution >= 0.6 is 0 Å². The summed E-state index contributed by atoms with van der Waals surface area (Å²) in [5, 5.41) is 14.8. The van der Waals surface area contributed by atoms with Crippen LogP contribution in [0, 0.1) is 0 Å². The molecule has 0 bridgehead atoms. The Morgan fingerprint density at radius 1 is 0.400 bits per heavy atom. The highest BCUT2D eigenvalue weighted by atomic mass is 16.4. The summed E-state index contributed by atoms with van der Waals surface area (Å²) in [5.41, 5.74) is 0. The summed E-state index contributed by atoms with van der Waals surface area (Å²) >= 11 is 0. The molecule has 0 atom stereocenters. The first-order chi connectivity index (χ1) is 19.6. The van der Waals surface area contributed by atoms with Crippen LogP contribution in [0.2, 0.25) is 0 Å². The van der Waals surface area contributed by atoms with E-state index in [0.717, 1.165) is 70.9 Å². The molecule has 6 nitrogen and oxygen atoms in total. The van der Waals surface area contributed by atoms with Gasteiger partial charge in [0.2, 0.25) is 11.8 Å². The van der Waals surface area contributed by atoms with Crippen molar-refractivity contribution < 1.29 is 19.5 Å². The zero-order valence-corrected chi connectivity index (χ0v) is 26.4. The first kappa shape index (κ1) is 38.4. The number of carbonyl (C=O) groups excluding carboxylic acids is 2. The second-order valence-corrected chi connectivity index (χ2v) is 11.8. The van der Waals surface area contributed by atoms with Crippen LogP contribution in [-0.2, 0) is 14.4 Å². The van der Waals surface area contributed by atoms with Gasteiger partial charge in [-0.1, -0.05) is 135 Å². The predicted molar refractivity (Wildman–Crippen MR) is 169 cm³/mol. The fourth-order valence-electron chi connectivity index (χ4n) is 5.16. The lowest BCUT2D eigenvalue weighted by molar-refractivity contribution is -0.137. The zero-order valence-electron chi connectivity index (χ0n) is 26.4. The average Bonchev–Trinajstić information content (AvgIpc) is 2.93. The van der Waals surface area contributed by atoms with E-state index < -0.39 is 5.97 Å². The van der Waals surface area contributed by atoms with Crippen molar-refractivity contribution in [2.75, 3.05) is 13.1 Å². The quantitative estimate of drug-likeness (QED) is 0.0707. The first-order valence-electron chi connectivity index (χ1n) is 17.3. The normalized spacial score (nSPS) is 11.0. The summed E-state index contributed by atoms with van der Waals surface area (Å²) in [6.45, 7) is 3.87. The van der Waals surface area contributed by atoms with E-state index in [1.807, 2.05) is 0 Å². The van der Waals surface area contributed by atoms with Crippen molar-refractivity contribution >= 4 is 17.8 Å². The Bertz CT molecular complexity index is 582. The maximum absolute atomic E-state index is 12.0. The second kappa shape index (κ2) is 31.9. The summed E-state index contributed by atoms with van der Waals surface area (Å²) in [6, 6.07) is 0. The highest BCUT2D eigenvalue weighted by Crippen LogP contribution is 2.12. The van der Waals surface area contributed by atoms with Crippen LogP contribution in [-0.4, -0.2) is 36.0 Å². The molecule has 0 spiro atoms. The van der Waals surface area contributed by atoms with Gasteiger partial charge in [0.1, 0.15) is 0 Å². The molecule has 40 heavy (non-hydrogen) atoms. The molecule has 0 radical (unpaired) electrons. The molecule has 0 aromatic rings. The van der Waals surface area contributed by atoms with E-state index in [2.05, 4.69) is 17.6 Å². The lowest BCUT2D eigenvalue weighted by atomic mass is 10.1. The summed E-state index contributed by atoms with van der Waals surface area (Å²) in [6.07, 6.45) is 31.3. The molecule has 6 heteroatoms. The number of carbonyl (C=O) groups is 3. The Morgan fingerprint density at radius 3 is 1.00 bits per heavy atom. The fourth-order valence-corrected chi connectivity index (χ4v) is 5.16. The number of rotatable bonds is 32. The van der Waals surface area contributed by atoms with Crippen molar-refractivity contribution in [1.82, 2.24) is 10.6 Å². The molecule has 0 aromatic carbocycles. The number of unbranched alkanes of at least 4 members (excludes halogenated alkanes) is 22. The van der Waals surface area contributed by atoms with Gasteiger partial charge in [0.15, 0.2) is 0 Å². The predicted octanol–water partition coefficient (Wildman–Crippen LogP) is 9.25. The third kappa shape index (κ3) is 32.6. The van der Waals surface area contributed by atoms with Crippen molar-refractivity contribution in [2.24, 2.45) is 0 Å². The van der Waals surface area contributed by atoms with Crippen LogP contribution in [0.3, 0.4) is 0 Å². The van der Waals surface area contributed by atoms with Crippen molar-refractivity contribution in [3.8, 4) is 0 Å². The van der Waals surface area contributed by atoms with Crippen molar-refractivity contribution in [1.29, 1.82) is 0 Å². The van der Waals surface area contributed by atoms with E-state index >= 15 is 0 Å². The van der Waals surface area contributed by atoms with Crippen LogP contribution in [0.4, 0.5) is 0 Å². The summed E-state index contributed by atoms with van der Waals surface area (Å²) in [7, 11) is 0. The van der Waals surface area contributed by atoms with Gasteiger partial charge in [-0.25, -0.2) is 0 Å². The number of carboxylic acid groups (broad SMARTS) is 1. The lowest BCUT2D eigenvalue weighted by Crippen LogP contribution is -2.24. The van der Waals surface area contributed by atoms with Crippen molar-refractivity contribution in [3.05, 3.63) is 0 Å². The largest absolute Gasteiger partial charge is 0.481 e. The van der Waals surface area contributed by atoms with E-state index in [-0.39, 0.29) is 11.8 Å². The Labute approximate surface area is 247 Å². The minimum absolute atomic E-state index is 0.193. The standard InChI is InChI=1S/C34H66N2O4/c1-2-3-4-5-6-7-12-17-22-27-32(37)35-30-25-20-15-10-8-13-18-23-28-33(38)36-31-26-21-16-11-9-14-19-24-29-34(39)40/h2-31H2,1H3,(H,35,37)(H,36,38)(H,39,40). The molecule has 0 saturated heterocycles. The molecular formula is C34H66N2O4. The number of aliphatic carboxylic acids is 1. The number of hydrogen-bond donors (Lipinski definition) is 3. The molecule has 2 amide bonds. The van der Waals surface area contributed by atoms with Crippen LogP contribution in [0.25, 0.3) is 0 Å². The summed E-state index contributed by atoms with van der Waals surface area (Å²) < 4.78 is 0. The van der Waals surface area contributed by atoms with E-state index in [0.29, 0.717) is 19.3 Å². The lowest BCUT2D eigenvalue weighted by Gasteiger charge is -2.06. The van der Waals surface area contributed by atoms with Gasteiger partial charge in [-0.05, 0) is 32.1 Å². The van der Waals surface area contributed by atoms with Crippen LogP contribution in [0.15, 0.2) is 0 Å². The molecule has 236 valence electrons. The molecule has 0 unspecified atom stereocenters. The molecule has 0 fully saturated rings. The summed E-state index contributed by atoms with van der Waals surface area (Å²) in [5.74, 6) is -0.273. The number of nitrogens with one attached hydrogen (secondary N) is 2. The molecular weight excluding hydrogens is 500 g/mol. The second-order valence-electron chi connectivity index (χ2n) is 11.8. The van der Waals surface area contributed by atoms with Gasteiger partial charge in [-0.15, -0.1) is 0 Å². The summed E-state index contributed by atoms with van der Waals surface area (Å²) in [4.78, 5) is 34.4. The Morgan fingerprint density at radius 2 is 0.675 bits per heavy atom. The van der Waals surface area contributed by atoms with Gasteiger partial charge >= 0.3 is 5.97 Å². The highest BCUT2D eigenvalue weighted by Gasteiger charge is 2.02. The van der Waals surface area contributed by atoms with Crippen LogP contribution < -0.4 is 10.6 Å². The molecule has 0 rings (SSSR count). The number of amides is 2. The maximum atomic E-state index is 12.0. The van der Waals surface area contributed by atoms with Crippen LogP contribution in [0.5, 0.6) is 0 Å². The Kier molecular flexibility index (Phi) is 30.7. The smallest absolute Gasteiger partial charge is 0.303 e. The van der Waals surface area contributed by atoms with E-state index in [1.165, 1.54) is 103 Å². The maximum Gasteiger partial charge on any atom is 0.303 e. The Balaban J connectivity index is 3.24. The Hall–Kier alpha value is -1.59. The van der Waals surface area contributed by atoms with Gasteiger partial charge in [0.05, 0.1) is 0 Å². The monoisotopic (exact) mass is 567 g/mol. The van der Waals surface area contributed by atoms with E-state index in [4.69, 9.17) is 5.11 Å². The number of carboxylic acids is 1. The first-order valence-corrected chi connectivity index (χ1v) is 17.3. The minimum Gasteiger partial charge on any atom is -0.481 e. The molecule has 0 aliphatic rings. The zero-order chi connectivity index (χ0) is 29.4. The SMILES string of the molecule is CCCCCCCCCCCC(=O)NCCCCCCCCCCC(=O)NCCCCCCCCCCC(=O)O.